The molecule has 2 aromatic heterocycles. The lowest BCUT2D eigenvalue weighted by atomic mass is 10.1. The Hall–Kier alpha value is -3.98. The van der Waals surface area contributed by atoms with E-state index >= 15 is 0 Å². The van der Waals surface area contributed by atoms with Gasteiger partial charge >= 0.3 is 12.4 Å². The fourth-order valence-electron chi connectivity index (χ4n) is 4.00. The van der Waals surface area contributed by atoms with Gasteiger partial charge in [-0.15, -0.1) is 0 Å². The Bertz CT molecular complexity index is 1370. The monoisotopic (exact) mass is 536 g/mol. The number of carbonyl (C=O) groups is 2. The summed E-state index contributed by atoms with van der Waals surface area (Å²) < 4.78 is 108. The lowest BCUT2D eigenvalue weighted by molar-refractivity contribution is -0.160. The summed E-state index contributed by atoms with van der Waals surface area (Å²) in [5.74, 6) is -3.97. The van der Waals surface area contributed by atoms with Gasteiger partial charge in [0.15, 0.2) is 5.82 Å². The first-order valence-corrected chi connectivity index (χ1v) is 10.4. The fraction of sp³-hybridized carbons (Fsp3) is 0.333. The van der Waals surface area contributed by atoms with Gasteiger partial charge in [-0.3, -0.25) is 9.59 Å². The van der Waals surface area contributed by atoms with Crippen LogP contribution in [0.4, 0.5) is 40.9 Å². The average Bonchev–Trinajstić information content (AvgIpc) is 3.34. The Morgan fingerprint density at radius 2 is 1.78 bits per heavy atom. The lowest BCUT2D eigenvalue weighted by Crippen LogP contribution is -2.42. The van der Waals surface area contributed by atoms with Crippen molar-refractivity contribution in [3.8, 4) is 11.3 Å². The minimum absolute atomic E-state index is 0.209. The second kappa shape index (κ2) is 9.15. The number of anilines is 1. The van der Waals surface area contributed by atoms with Gasteiger partial charge in [0, 0.05) is 17.7 Å². The molecule has 0 saturated carbocycles. The molecule has 1 fully saturated rings. The SMILES string of the molecule is Nc1ncnn2c(-c3cc(F)cc(C(=O)N[C@@H]4CN(C(=O)CC(F)(F)F)C[C@@H]4F)c3)cc(C(F)(F)F)c12. The number of benzene rings is 1. The number of fused-ring (bicyclic) bond motifs is 1. The molecule has 4 rings (SSSR count). The van der Waals surface area contributed by atoms with Crippen LogP contribution in [0, 0.1) is 5.82 Å². The van der Waals surface area contributed by atoms with E-state index in [4.69, 9.17) is 5.73 Å². The van der Waals surface area contributed by atoms with Crippen molar-refractivity contribution in [3.63, 3.8) is 0 Å². The van der Waals surface area contributed by atoms with Crippen LogP contribution in [0.5, 0.6) is 0 Å². The Labute approximate surface area is 202 Å². The smallest absolute Gasteiger partial charge is 0.382 e. The predicted octanol–water partition coefficient (Wildman–Crippen LogP) is 3.37. The maximum absolute atomic E-state index is 14.4. The Kier molecular flexibility index (Phi) is 6.45. The van der Waals surface area contributed by atoms with E-state index in [1.165, 1.54) is 0 Å². The van der Waals surface area contributed by atoms with Crippen LogP contribution in [0.1, 0.15) is 22.3 Å². The van der Waals surface area contributed by atoms with Crippen molar-refractivity contribution in [2.24, 2.45) is 0 Å². The summed E-state index contributed by atoms with van der Waals surface area (Å²) in [5, 5.41) is 5.92. The molecule has 3 aromatic rings. The number of hydrogen-bond donors (Lipinski definition) is 2. The third kappa shape index (κ3) is 5.41. The van der Waals surface area contributed by atoms with E-state index in [1.54, 1.807) is 0 Å². The molecule has 8 nitrogen and oxygen atoms in total. The van der Waals surface area contributed by atoms with Gasteiger partial charge in [0.2, 0.25) is 5.91 Å². The van der Waals surface area contributed by atoms with Crippen molar-refractivity contribution in [1.29, 1.82) is 0 Å². The van der Waals surface area contributed by atoms with Gasteiger partial charge in [0.05, 0.1) is 23.8 Å². The normalized spacial score (nSPS) is 18.4. The number of nitrogens with zero attached hydrogens (tertiary/aromatic N) is 4. The van der Waals surface area contributed by atoms with E-state index in [0.717, 1.165) is 29.0 Å². The van der Waals surface area contributed by atoms with Crippen LogP contribution in [-0.4, -0.2) is 62.8 Å². The summed E-state index contributed by atoms with van der Waals surface area (Å²) in [5.41, 5.74) is 2.88. The lowest BCUT2D eigenvalue weighted by Gasteiger charge is -2.17. The number of rotatable bonds is 4. The van der Waals surface area contributed by atoms with Crippen LogP contribution in [0.15, 0.2) is 30.6 Å². The molecular weight excluding hydrogens is 520 g/mol. The quantitative estimate of drug-likeness (QED) is 0.498. The van der Waals surface area contributed by atoms with Crippen LogP contribution < -0.4 is 11.1 Å². The number of halogens is 8. The molecule has 0 unspecified atom stereocenters. The average molecular weight is 536 g/mol. The fourth-order valence-corrected chi connectivity index (χ4v) is 4.00. The number of likely N-dealkylation sites (tertiary alicyclic amines) is 1. The van der Waals surface area contributed by atoms with Crippen LogP contribution in [0.25, 0.3) is 16.8 Å². The number of amides is 2. The predicted molar refractivity (Wildman–Crippen MR) is 111 cm³/mol. The van der Waals surface area contributed by atoms with Gasteiger partial charge in [0.25, 0.3) is 5.91 Å². The number of hydrogen-bond acceptors (Lipinski definition) is 5. The highest BCUT2D eigenvalue weighted by Crippen LogP contribution is 2.38. The maximum Gasteiger partial charge on any atom is 0.418 e. The molecule has 0 aliphatic carbocycles. The number of nitrogens with two attached hydrogens (primary N) is 1. The summed E-state index contributed by atoms with van der Waals surface area (Å²) in [6.45, 7) is -1.25. The highest BCUT2D eigenvalue weighted by molar-refractivity contribution is 5.96. The molecule has 1 aliphatic rings. The van der Waals surface area contributed by atoms with E-state index in [-0.39, 0.29) is 11.3 Å². The summed E-state index contributed by atoms with van der Waals surface area (Å²) in [7, 11) is 0. The van der Waals surface area contributed by atoms with E-state index in [1.807, 2.05) is 0 Å². The molecule has 0 spiro atoms. The first kappa shape index (κ1) is 26.1. The summed E-state index contributed by atoms with van der Waals surface area (Å²) in [6, 6.07) is 1.84. The standard InChI is InChI=1S/C21H16F8N6O2/c22-11-2-9(15-4-12(21(27,28)29)17-18(30)31-8-32-35(15)17)1-10(3-11)19(37)33-14-7-34(6-13(14)23)16(36)5-20(24,25)26/h1-4,8,13-14H,5-7H2,(H,33,37)(H2,30,31,32)/t13-,14+/m0/s1. The van der Waals surface area contributed by atoms with Crippen molar-refractivity contribution >= 4 is 23.1 Å². The molecule has 3 N–H and O–H groups in total. The van der Waals surface area contributed by atoms with E-state index in [0.29, 0.717) is 11.0 Å². The molecule has 2 amide bonds. The first-order valence-electron chi connectivity index (χ1n) is 10.4. The molecule has 1 saturated heterocycles. The highest BCUT2D eigenvalue weighted by Gasteiger charge is 2.41. The van der Waals surface area contributed by atoms with Crippen molar-refractivity contribution in [2.75, 3.05) is 18.8 Å². The largest absolute Gasteiger partial charge is 0.418 e. The number of nitrogen functional groups attached to an aromatic ring is 1. The highest BCUT2D eigenvalue weighted by atomic mass is 19.4. The molecule has 198 valence electrons. The van der Waals surface area contributed by atoms with Gasteiger partial charge in [-0.05, 0) is 24.3 Å². The second-order valence-corrected chi connectivity index (χ2v) is 8.26. The van der Waals surface area contributed by atoms with Gasteiger partial charge in [-0.1, -0.05) is 0 Å². The molecule has 16 heteroatoms. The Morgan fingerprint density at radius 1 is 1.08 bits per heavy atom. The molecular formula is C21H16F8N6O2. The third-order valence-corrected chi connectivity index (χ3v) is 5.61. The topological polar surface area (TPSA) is 106 Å². The zero-order chi connectivity index (χ0) is 27.3. The van der Waals surface area contributed by atoms with Gasteiger partial charge in [-0.2, -0.15) is 31.4 Å². The van der Waals surface area contributed by atoms with E-state index in [2.05, 4.69) is 15.4 Å². The molecule has 37 heavy (non-hydrogen) atoms. The van der Waals surface area contributed by atoms with E-state index < -0.39 is 84.2 Å². The number of nitrogens with one attached hydrogen (secondary N) is 1. The van der Waals surface area contributed by atoms with Crippen molar-refractivity contribution in [2.45, 2.75) is 31.0 Å². The van der Waals surface area contributed by atoms with Crippen LogP contribution in [-0.2, 0) is 11.0 Å². The molecule has 3 heterocycles. The van der Waals surface area contributed by atoms with Crippen LogP contribution in [0.2, 0.25) is 0 Å². The van der Waals surface area contributed by atoms with Crippen molar-refractivity contribution in [1.82, 2.24) is 24.8 Å². The zero-order valence-electron chi connectivity index (χ0n) is 18.4. The van der Waals surface area contributed by atoms with Crippen molar-refractivity contribution < 1.29 is 44.7 Å². The minimum atomic E-state index is -4.87. The number of alkyl halides is 7. The van der Waals surface area contributed by atoms with Gasteiger partial charge < -0.3 is 16.0 Å². The zero-order valence-corrected chi connectivity index (χ0v) is 18.4. The molecule has 2 atom stereocenters. The van der Waals surface area contributed by atoms with Gasteiger partial charge in [-0.25, -0.2) is 18.3 Å². The van der Waals surface area contributed by atoms with Crippen LogP contribution >= 0.6 is 0 Å². The first-order chi connectivity index (χ1) is 17.1. The minimum Gasteiger partial charge on any atom is -0.382 e. The molecule has 1 aromatic carbocycles. The Balaban J connectivity index is 1.62. The second-order valence-electron chi connectivity index (χ2n) is 8.26. The molecule has 0 bridgehead atoms. The molecule has 1 aliphatic heterocycles. The van der Waals surface area contributed by atoms with Gasteiger partial charge in [0.1, 0.15) is 30.3 Å². The third-order valence-electron chi connectivity index (χ3n) is 5.61. The summed E-state index contributed by atoms with van der Waals surface area (Å²) in [4.78, 5) is 28.6. The number of aromatic nitrogens is 3. The van der Waals surface area contributed by atoms with E-state index in [9.17, 15) is 44.7 Å². The number of carbonyl (C=O) groups excluding carboxylic acids is 2. The molecule has 0 radical (unpaired) electrons. The van der Waals surface area contributed by atoms with Crippen LogP contribution in [0.3, 0.4) is 0 Å². The van der Waals surface area contributed by atoms with Crippen molar-refractivity contribution in [3.05, 3.63) is 47.5 Å². The summed E-state index contributed by atoms with van der Waals surface area (Å²) >= 11 is 0. The maximum atomic E-state index is 14.4. The Morgan fingerprint density at radius 3 is 2.43 bits per heavy atom. The summed E-state index contributed by atoms with van der Waals surface area (Å²) in [6.07, 6.45) is -12.5.